The molecule has 2 aromatic rings. The molecule has 0 aliphatic heterocycles. The number of nitrogens with zero attached hydrogens (tertiary/aromatic N) is 1. The van der Waals surface area contributed by atoms with Crippen LogP contribution in [0.3, 0.4) is 0 Å². The van der Waals surface area contributed by atoms with E-state index in [1.54, 1.807) is 19.1 Å². The van der Waals surface area contributed by atoms with Crippen molar-refractivity contribution >= 4 is 17.3 Å². The molecule has 1 N–H and O–H groups in total. The summed E-state index contributed by atoms with van der Waals surface area (Å²) in [5.74, 6) is 0.300. The van der Waals surface area contributed by atoms with Crippen LogP contribution in [0, 0.1) is 17.0 Å². The molecule has 0 aromatic heterocycles. The Morgan fingerprint density at radius 2 is 2.00 bits per heavy atom. The van der Waals surface area contributed by atoms with E-state index >= 15 is 0 Å². The molecular weight excluding hydrogens is 296 g/mol. The molecule has 6 nitrogen and oxygen atoms in total. The maximum absolute atomic E-state index is 11.9. The van der Waals surface area contributed by atoms with E-state index in [2.05, 4.69) is 5.32 Å². The van der Waals surface area contributed by atoms with Gasteiger partial charge in [-0.2, -0.15) is 0 Å². The van der Waals surface area contributed by atoms with Crippen molar-refractivity contribution in [1.82, 2.24) is 0 Å². The molecule has 0 spiro atoms. The quantitative estimate of drug-likeness (QED) is 0.653. The molecule has 0 radical (unpaired) electrons. The summed E-state index contributed by atoms with van der Waals surface area (Å²) in [6.07, 6.45) is 0.807. The fourth-order valence-corrected chi connectivity index (χ4v) is 2.16. The van der Waals surface area contributed by atoms with E-state index < -0.39 is 4.92 Å². The number of para-hydroxylation sites is 1. The van der Waals surface area contributed by atoms with Gasteiger partial charge in [0.1, 0.15) is 5.75 Å². The lowest BCUT2D eigenvalue weighted by molar-refractivity contribution is -0.385. The standard InChI is InChI=1S/C17H18N2O4/c1-3-13-6-4-5-7-16(13)23-11-17(20)18-14-9-8-12(2)15(10-14)19(21)22/h4-10H,3,11H2,1-2H3,(H,18,20). The van der Waals surface area contributed by atoms with Gasteiger partial charge in [0, 0.05) is 17.3 Å². The van der Waals surface area contributed by atoms with Gasteiger partial charge in [0.15, 0.2) is 6.61 Å². The van der Waals surface area contributed by atoms with Crippen molar-refractivity contribution in [3.05, 3.63) is 63.7 Å². The maximum atomic E-state index is 11.9. The number of aryl methyl sites for hydroxylation is 2. The average molecular weight is 314 g/mol. The lowest BCUT2D eigenvalue weighted by Crippen LogP contribution is -2.20. The molecule has 2 aromatic carbocycles. The average Bonchev–Trinajstić information content (AvgIpc) is 2.54. The summed E-state index contributed by atoms with van der Waals surface area (Å²) < 4.78 is 5.52. The Morgan fingerprint density at radius 3 is 2.70 bits per heavy atom. The van der Waals surface area contributed by atoms with Crippen molar-refractivity contribution in [3.8, 4) is 5.75 Å². The highest BCUT2D eigenvalue weighted by Gasteiger charge is 2.13. The second kappa shape index (κ2) is 7.40. The number of ether oxygens (including phenoxy) is 1. The smallest absolute Gasteiger partial charge is 0.274 e. The molecular formula is C17H18N2O4. The first-order valence-corrected chi connectivity index (χ1v) is 7.27. The number of carbonyl (C=O) groups excluding carboxylic acids is 1. The van der Waals surface area contributed by atoms with E-state index in [4.69, 9.17) is 4.74 Å². The molecule has 0 aliphatic carbocycles. The van der Waals surface area contributed by atoms with Crippen molar-refractivity contribution in [3.63, 3.8) is 0 Å². The van der Waals surface area contributed by atoms with E-state index in [1.807, 2.05) is 31.2 Å². The van der Waals surface area contributed by atoms with Crippen LogP contribution >= 0.6 is 0 Å². The van der Waals surface area contributed by atoms with Crippen LogP contribution < -0.4 is 10.1 Å². The summed E-state index contributed by atoms with van der Waals surface area (Å²) in [7, 11) is 0. The van der Waals surface area contributed by atoms with Crippen LogP contribution in [0.25, 0.3) is 0 Å². The summed E-state index contributed by atoms with van der Waals surface area (Å²) in [6, 6.07) is 12.1. The third-order valence-electron chi connectivity index (χ3n) is 3.40. The Kier molecular flexibility index (Phi) is 5.30. The molecule has 0 atom stereocenters. The van der Waals surface area contributed by atoms with Crippen LogP contribution in [0.1, 0.15) is 18.1 Å². The zero-order valence-corrected chi connectivity index (χ0v) is 13.0. The summed E-state index contributed by atoms with van der Waals surface area (Å²) >= 11 is 0. The molecule has 0 unspecified atom stereocenters. The Morgan fingerprint density at radius 1 is 1.26 bits per heavy atom. The lowest BCUT2D eigenvalue weighted by Gasteiger charge is -2.10. The van der Waals surface area contributed by atoms with E-state index in [-0.39, 0.29) is 18.2 Å². The van der Waals surface area contributed by atoms with Crippen LogP contribution in [0.15, 0.2) is 42.5 Å². The fraction of sp³-hybridized carbons (Fsp3) is 0.235. The van der Waals surface area contributed by atoms with Gasteiger partial charge in [-0.05, 0) is 31.0 Å². The van der Waals surface area contributed by atoms with Crippen LogP contribution in [-0.2, 0) is 11.2 Å². The second-order valence-corrected chi connectivity index (χ2v) is 5.06. The molecule has 2 rings (SSSR count). The molecule has 0 fully saturated rings. The minimum atomic E-state index is -0.473. The highest BCUT2D eigenvalue weighted by atomic mass is 16.6. The van der Waals surface area contributed by atoms with Gasteiger partial charge in [0.05, 0.1) is 4.92 Å². The van der Waals surface area contributed by atoms with Crippen molar-refractivity contribution in [2.45, 2.75) is 20.3 Å². The summed E-state index contributed by atoms with van der Waals surface area (Å²) in [5, 5.41) is 13.5. The van der Waals surface area contributed by atoms with Crippen molar-refractivity contribution < 1.29 is 14.5 Å². The van der Waals surface area contributed by atoms with Crippen LogP contribution in [0.4, 0.5) is 11.4 Å². The van der Waals surface area contributed by atoms with Gasteiger partial charge in [-0.25, -0.2) is 0 Å². The van der Waals surface area contributed by atoms with Gasteiger partial charge < -0.3 is 10.1 Å². The normalized spacial score (nSPS) is 10.2. The number of carbonyl (C=O) groups is 1. The lowest BCUT2D eigenvalue weighted by atomic mass is 10.1. The highest BCUT2D eigenvalue weighted by Crippen LogP contribution is 2.22. The Labute approximate surface area is 134 Å². The van der Waals surface area contributed by atoms with Gasteiger partial charge in [0.25, 0.3) is 11.6 Å². The SMILES string of the molecule is CCc1ccccc1OCC(=O)Nc1ccc(C)c([N+](=O)[O-])c1. The number of nitrogens with one attached hydrogen (secondary N) is 1. The third-order valence-corrected chi connectivity index (χ3v) is 3.40. The van der Waals surface area contributed by atoms with Gasteiger partial charge in [-0.3, -0.25) is 14.9 Å². The number of amides is 1. The molecule has 0 aliphatic rings. The first kappa shape index (κ1) is 16.5. The number of anilines is 1. The largest absolute Gasteiger partial charge is 0.483 e. The van der Waals surface area contributed by atoms with Crippen molar-refractivity contribution in [1.29, 1.82) is 0 Å². The van der Waals surface area contributed by atoms with Crippen molar-refractivity contribution in [2.24, 2.45) is 0 Å². The zero-order valence-electron chi connectivity index (χ0n) is 13.0. The second-order valence-electron chi connectivity index (χ2n) is 5.06. The Balaban J connectivity index is 2.00. The first-order valence-electron chi connectivity index (χ1n) is 7.27. The molecule has 6 heteroatoms. The molecule has 0 saturated heterocycles. The number of nitro groups is 1. The maximum Gasteiger partial charge on any atom is 0.274 e. The van der Waals surface area contributed by atoms with Crippen molar-refractivity contribution in [2.75, 3.05) is 11.9 Å². The number of nitro benzene ring substituents is 1. The topological polar surface area (TPSA) is 81.5 Å². The van der Waals surface area contributed by atoms with E-state index in [9.17, 15) is 14.9 Å². The molecule has 23 heavy (non-hydrogen) atoms. The molecule has 120 valence electrons. The van der Waals surface area contributed by atoms with Crippen LogP contribution in [0.2, 0.25) is 0 Å². The minimum Gasteiger partial charge on any atom is -0.483 e. The summed E-state index contributed by atoms with van der Waals surface area (Å²) in [5.41, 5.74) is 1.91. The van der Waals surface area contributed by atoms with E-state index in [0.29, 0.717) is 17.0 Å². The number of hydrogen-bond acceptors (Lipinski definition) is 4. The van der Waals surface area contributed by atoms with Crippen LogP contribution in [0.5, 0.6) is 5.75 Å². The zero-order chi connectivity index (χ0) is 16.8. The summed E-state index contributed by atoms with van der Waals surface area (Å²) in [6.45, 7) is 3.50. The predicted octanol–water partition coefficient (Wildman–Crippen LogP) is 3.48. The Hall–Kier alpha value is -2.89. The minimum absolute atomic E-state index is 0.0277. The van der Waals surface area contributed by atoms with E-state index in [0.717, 1.165) is 12.0 Å². The van der Waals surface area contributed by atoms with E-state index in [1.165, 1.54) is 6.07 Å². The first-order chi connectivity index (χ1) is 11.0. The monoisotopic (exact) mass is 314 g/mol. The molecule has 0 bridgehead atoms. The van der Waals surface area contributed by atoms with Gasteiger partial charge in [-0.1, -0.05) is 31.2 Å². The van der Waals surface area contributed by atoms with Crippen LogP contribution in [-0.4, -0.2) is 17.4 Å². The number of rotatable bonds is 6. The molecule has 0 heterocycles. The van der Waals surface area contributed by atoms with Gasteiger partial charge in [0.2, 0.25) is 0 Å². The third kappa shape index (κ3) is 4.29. The summed E-state index contributed by atoms with van der Waals surface area (Å²) in [4.78, 5) is 22.4. The van der Waals surface area contributed by atoms with Gasteiger partial charge >= 0.3 is 0 Å². The Bertz CT molecular complexity index is 728. The number of hydrogen-bond donors (Lipinski definition) is 1. The number of benzene rings is 2. The molecule has 0 saturated carbocycles. The fourth-order valence-electron chi connectivity index (χ4n) is 2.16. The van der Waals surface area contributed by atoms with Gasteiger partial charge in [-0.15, -0.1) is 0 Å². The molecule has 1 amide bonds. The predicted molar refractivity (Wildman–Crippen MR) is 87.8 cm³/mol. The highest BCUT2D eigenvalue weighted by molar-refractivity contribution is 5.92.